The fourth-order valence-electron chi connectivity index (χ4n) is 3.03. The molecule has 2 heterocycles. The minimum absolute atomic E-state index is 0.0795. The van der Waals surface area contributed by atoms with Crippen molar-refractivity contribution in [3.05, 3.63) is 35.4 Å². The van der Waals surface area contributed by atoms with E-state index in [-0.39, 0.29) is 24.5 Å². The van der Waals surface area contributed by atoms with Gasteiger partial charge < -0.3 is 10.1 Å². The Bertz CT molecular complexity index is 687. The number of rotatable bonds is 6. The van der Waals surface area contributed by atoms with Gasteiger partial charge in [0, 0.05) is 39.3 Å². The van der Waals surface area contributed by atoms with Gasteiger partial charge in [0.05, 0.1) is 29.6 Å². The van der Waals surface area contributed by atoms with Crippen molar-refractivity contribution in [3.8, 4) is 6.07 Å². The first kappa shape index (κ1) is 17.3. The summed E-state index contributed by atoms with van der Waals surface area (Å²) in [6, 6.07) is 8.93. The van der Waals surface area contributed by atoms with Crippen LogP contribution < -0.4 is 10.0 Å². The van der Waals surface area contributed by atoms with Crippen LogP contribution in [0, 0.1) is 11.3 Å². The quantitative estimate of drug-likeness (QED) is 0.728. The number of hydrogen-bond acceptors (Lipinski definition) is 6. The molecule has 24 heavy (non-hydrogen) atoms. The molecule has 2 bridgehead atoms. The van der Waals surface area contributed by atoms with E-state index in [1.807, 2.05) is 6.07 Å². The van der Waals surface area contributed by atoms with Crippen molar-refractivity contribution in [2.24, 2.45) is 0 Å². The van der Waals surface area contributed by atoms with Gasteiger partial charge in [-0.1, -0.05) is 12.1 Å². The van der Waals surface area contributed by atoms with Gasteiger partial charge in [0.25, 0.3) is 0 Å². The second-order valence-electron chi connectivity index (χ2n) is 6.25. The highest BCUT2D eigenvalue weighted by atomic mass is 32.2. The predicted molar refractivity (Wildman–Crippen MR) is 89.8 cm³/mol. The average Bonchev–Trinajstić information content (AvgIpc) is 2.59. The molecule has 1 aromatic carbocycles. The maximum Gasteiger partial charge on any atom is 0.213 e. The Morgan fingerprint density at radius 1 is 1.25 bits per heavy atom. The monoisotopic (exact) mass is 350 g/mol. The lowest BCUT2D eigenvalue weighted by Gasteiger charge is -2.41. The van der Waals surface area contributed by atoms with Crippen LogP contribution in [0.5, 0.6) is 0 Å². The summed E-state index contributed by atoms with van der Waals surface area (Å²) in [6.45, 7) is 3.96. The van der Waals surface area contributed by atoms with Gasteiger partial charge in [-0.05, 0) is 17.7 Å². The van der Waals surface area contributed by atoms with Crippen LogP contribution in [0.15, 0.2) is 24.3 Å². The SMILES string of the molecule is N#Cc1ccc(CNS(=O)(=O)CCN2CC3CNCC(C2)O3)cc1. The molecule has 8 heteroatoms. The van der Waals surface area contributed by atoms with Gasteiger partial charge in [0.15, 0.2) is 0 Å². The summed E-state index contributed by atoms with van der Waals surface area (Å²) in [6.07, 6.45) is 0.318. The first-order chi connectivity index (χ1) is 11.5. The van der Waals surface area contributed by atoms with Crippen LogP contribution in [0.25, 0.3) is 0 Å². The highest BCUT2D eigenvalue weighted by Gasteiger charge is 2.31. The van der Waals surface area contributed by atoms with E-state index in [1.165, 1.54) is 0 Å². The van der Waals surface area contributed by atoms with Gasteiger partial charge in [0.2, 0.25) is 10.0 Å². The van der Waals surface area contributed by atoms with Gasteiger partial charge in [-0.15, -0.1) is 0 Å². The summed E-state index contributed by atoms with van der Waals surface area (Å²) >= 11 is 0. The van der Waals surface area contributed by atoms with Gasteiger partial charge in [0.1, 0.15) is 0 Å². The first-order valence-electron chi connectivity index (χ1n) is 8.09. The molecule has 1 aromatic rings. The van der Waals surface area contributed by atoms with E-state index in [1.54, 1.807) is 24.3 Å². The molecule has 2 aliphatic rings. The number of morpholine rings is 2. The smallest absolute Gasteiger partial charge is 0.213 e. The molecule has 3 rings (SSSR count). The van der Waals surface area contributed by atoms with Crippen molar-refractivity contribution in [1.82, 2.24) is 14.9 Å². The standard InChI is InChI=1S/C16H22N4O3S/c17-7-13-1-3-14(4-2-13)8-19-24(21,22)6-5-20-11-15-9-18-10-16(12-20)23-15/h1-4,15-16,18-19H,5-6,8-12H2. The molecule has 2 unspecified atom stereocenters. The zero-order valence-electron chi connectivity index (χ0n) is 13.4. The summed E-state index contributed by atoms with van der Waals surface area (Å²) in [7, 11) is -3.33. The number of nitrogens with one attached hydrogen (secondary N) is 2. The van der Waals surface area contributed by atoms with Gasteiger partial charge in [-0.2, -0.15) is 5.26 Å². The molecular formula is C16H22N4O3S. The Balaban J connectivity index is 1.46. The third-order valence-electron chi connectivity index (χ3n) is 4.31. The maximum absolute atomic E-state index is 12.2. The number of ether oxygens (including phenoxy) is 1. The van der Waals surface area contributed by atoms with Crippen molar-refractivity contribution >= 4 is 10.0 Å². The second-order valence-corrected chi connectivity index (χ2v) is 8.17. The average molecular weight is 350 g/mol. The zero-order chi connectivity index (χ0) is 17.0. The van der Waals surface area contributed by atoms with E-state index < -0.39 is 10.0 Å². The summed E-state index contributed by atoms with van der Waals surface area (Å²) < 4.78 is 32.8. The van der Waals surface area contributed by atoms with Gasteiger partial charge in [-0.25, -0.2) is 13.1 Å². The van der Waals surface area contributed by atoms with E-state index >= 15 is 0 Å². The predicted octanol–water partition coefficient (Wildman–Crippen LogP) is -0.350. The summed E-state index contributed by atoms with van der Waals surface area (Å²) in [5.74, 6) is 0.0795. The van der Waals surface area contributed by atoms with Crippen LogP contribution in [0.1, 0.15) is 11.1 Å². The molecule has 2 saturated heterocycles. The molecule has 0 spiro atoms. The first-order valence-corrected chi connectivity index (χ1v) is 9.74. The zero-order valence-corrected chi connectivity index (χ0v) is 14.3. The molecule has 7 nitrogen and oxygen atoms in total. The fourth-order valence-corrected chi connectivity index (χ4v) is 4.06. The third-order valence-corrected chi connectivity index (χ3v) is 5.61. The summed E-state index contributed by atoms with van der Waals surface area (Å²) in [5, 5.41) is 12.1. The number of fused-ring (bicyclic) bond motifs is 2. The van der Waals surface area contributed by atoms with E-state index in [0.29, 0.717) is 12.1 Å². The summed E-state index contributed by atoms with van der Waals surface area (Å²) in [4.78, 5) is 2.17. The molecule has 2 N–H and O–H groups in total. The van der Waals surface area contributed by atoms with Crippen molar-refractivity contribution in [2.75, 3.05) is 38.5 Å². The van der Waals surface area contributed by atoms with E-state index in [9.17, 15) is 8.42 Å². The highest BCUT2D eigenvalue weighted by molar-refractivity contribution is 7.89. The van der Waals surface area contributed by atoms with Crippen molar-refractivity contribution < 1.29 is 13.2 Å². The van der Waals surface area contributed by atoms with Gasteiger partial charge in [-0.3, -0.25) is 4.90 Å². The van der Waals surface area contributed by atoms with Crippen molar-refractivity contribution in [2.45, 2.75) is 18.8 Å². The molecule has 0 radical (unpaired) electrons. The lowest BCUT2D eigenvalue weighted by Crippen LogP contribution is -2.58. The molecule has 130 valence electrons. The van der Waals surface area contributed by atoms with Crippen LogP contribution in [-0.4, -0.2) is 64.0 Å². The van der Waals surface area contributed by atoms with Crippen LogP contribution >= 0.6 is 0 Å². The number of sulfonamides is 1. The summed E-state index contributed by atoms with van der Waals surface area (Å²) in [5.41, 5.74) is 1.40. The van der Waals surface area contributed by atoms with E-state index in [2.05, 4.69) is 14.9 Å². The van der Waals surface area contributed by atoms with Crippen LogP contribution in [0.2, 0.25) is 0 Å². The largest absolute Gasteiger partial charge is 0.370 e. The Morgan fingerprint density at radius 2 is 1.92 bits per heavy atom. The van der Waals surface area contributed by atoms with Crippen molar-refractivity contribution in [3.63, 3.8) is 0 Å². The van der Waals surface area contributed by atoms with Crippen LogP contribution in [0.4, 0.5) is 0 Å². The van der Waals surface area contributed by atoms with Crippen molar-refractivity contribution in [1.29, 1.82) is 5.26 Å². The second kappa shape index (κ2) is 7.59. The number of nitrogens with zero attached hydrogens (tertiary/aromatic N) is 2. The Kier molecular flexibility index (Phi) is 5.48. The topological polar surface area (TPSA) is 94.5 Å². The minimum Gasteiger partial charge on any atom is -0.370 e. The molecule has 0 aliphatic carbocycles. The lowest BCUT2D eigenvalue weighted by molar-refractivity contribution is -0.101. The molecule has 0 amide bonds. The number of nitriles is 1. The molecule has 2 atom stereocenters. The third kappa shape index (κ3) is 4.75. The molecular weight excluding hydrogens is 328 g/mol. The Hall–Kier alpha value is -1.50. The normalized spacial score (nSPS) is 24.5. The molecule has 0 saturated carbocycles. The Morgan fingerprint density at radius 3 is 2.54 bits per heavy atom. The molecule has 2 aliphatic heterocycles. The Labute approximate surface area is 142 Å². The molecule has 2 fully saturated rings. The lowest BCUT2D eigenvalue weighted by atomic mass is 10.1. The highest BCUT2D eigenvalue weighted by Crippen LogP contribution is 2.14. The number of benzene rings is 1. The van der Waals surface area contributed by atoms with Crippen LogP contribution in [0.3, 0.4) is 0 Å². The maximum atomic E-state index is 12.2. The van der Waals surface area contributed by atoms with E-state index in [4.69, 9.17) is 10.00 Å². The van der Waals surface area contributed by atoms with Gasteiger partial charge >= 0.3 is 0 Å². The molecule has 0 aromatic heterocycles. The fraction of sp³-hybridized carbons (Fsp3) is 0.562. The van der Waals surface area contributed by atoms with Crippen LogP contribution in [-0.2, 0) is 21.3 Å². The van der Waals surface area contributed by atoms with E-state index in [0.717, 1.165) is 31.7 Å². The minimum atomic E-state index is -3.33. The number of hydrogen-bond donors (Lipinski definition) is 2.